The number of rotatable bonds is 3. The lowest BCUT2D eigenvalue weighted by Gasteiger charge is -2.26. The van der Waals surface area contributed by atoms with Gasteiger partial charge in [-0.2, -0.15) is 0 Å². The lowest BCUT2D eigenvalue weighted by molar-refractivity contribution is 0.0411. The topological polar surface area (TPSA) is 62.7 Å². The van der Waals surface area contributed by atoms with Gasteiger partial charge < -0.3 is 14.7 Å². The average Bonchev–Trinajstić information content (AvgIpc) is 3.27. The lowest BCUT2D eigenvalue weighted by atomic mass is 9.89. The van der Waals surface area contributed by atoms with Crippen molar-refractivity contribution in [3.63, 3.8) is 0 Å². The predicted molar refractivity (Wildman–Crippen MR) is 98.4 cm³/mol. The quantitative estimate of drug-likeness (QED) is 0.922. The van der Waals surface area contributed by atoms with E-state index in [1.54, 1.807) is 12.0 Å². The fourth-order valence-electron chi connectivity index (χ4n) is 4.21. The highest BCUT2D eigenvalue weighted by Crippen LogP contribution is 2.35. The first-order valence-electron chi connectivity index (χ1n) is 9.16. The third-order valence-corrected chi connectivity index (χ3v) is 5.62. The Morgan fingerprint density at radius 2 is 2.12 bits per heavy atom. The number of carbonyl (C=O) groups excluding carboxylic acids is 1. The summed E-state index contributed by atoms with van der Waals surface area (Å²) in [7, 11) is 1.55. The van der Waals surface area contributed by atoms with E-state index in [1.165, 1.54) is 0 Å². The maximum Gasteiger partial charge on any atom is 0.259 e. The summed E-state index contributed by atoms with van der Waals surface area (Å²) < 4.78 is 5.39. The zero-order valence-electron chi connectivity index (χ0n) is 15.3. The van der Waals surface area contributed by atoms with Gasteiger partial charge in [0.15, 0.2) is 0 Å². The molecule has 136 valence electrons. The van der Waals surface area contributed by atoms with E-state index in [0.29, 0.717) is 24.4 Å². The van der Waals surface area contributed by atoms with Crippen LogP contribution in [0.3, 0.4) is 0 Å². The summed E-state index contributed by atoms with van der Waals surface area (Å²) in [6.45, 7) is 2.80. The van der Waals surface area contributed by atoms with Crippen molar-refractivity contribution in [2.45, 2.75) is 38.2 Å². The molecule has 1 amide bonds. The minimum absolute atomic E-state index is 0.117. The number of pyridine rings is 1. The van der Waals surface area contributed by atoms with Crippen molar-refractivity contribution in [3.05, 3.63) is 58.3 Å². The number of carbonyl (C=O) groups is 1. The first-order valence-corrected chi connectivity index (χ1v) is 9.16. The number of hydrogen-bond donors (Lipinski definition) is 1. The van der Waals surface area contributed by atoms with E-state index in [2.05, 4.69) is 4.98 Å². The molecule has 1 aliphatic heterocycles. The van der Waals surface area contributed by atoms with E-state index in [4.69, 9.17) is 4.74 Å². The summed E-state index contributed by atoms with van der Waals surface area (Å²) in [5.41, 5.74) is 3.62. The Bertz CT molecular complexity index is 864. The van der Waals surface area contributed by atoms with E-state index in [-0.39, 0.29) is 12.5 Å². The second kappa shape index (κ2) is 6.40. The SMILES string of the molecule is COc1nc2c(cc1C(=O)N1CCC(O)(c3ccccc3C)C1)CCC2. The number of aromatic nitrogens is 1. The van der Waals surface area contributed by atoms with E-state index in [1.807, 2.05) is 37.3 Å². The van der Waals surface area contributed by atoms with Gasteiger partial charge in [0.25, 0.3) is 5.91 Å². The molecule has 2 aromatic rings. The van der Waals surface area contributed by atoms with Crippen molar-refractivity contribution in [1.29, 1.82) is 0 Å². The van der Waals surface area contributed by atoms with Crippen LogP contribution in [0.2, 0.25) is 0 Å². The summed E-state index contributed by atoms with van der Waals surface area (Å²) in [5.74, 6) is 0.274. The minimum atomic E-state index is -1.00. The number of β-amino-alcohol motifs (C(OH)–C–C–N with tert-alkyl or cyclic N) is 1. The van der Waals surface area contributed by atoms with Gasteiger partial charge in [0, 0.05) is 12.2 Å². The molecule has 1 aromatic carbocycles. The van der Waals surface area contributed by atoms with Crippen LogP contribution in [0.25, 0.3) is 0 Å². The number of likely N-dealkylation sites (tertiary alicyclic amines) is 1. The molecule has 1 N–H and O–H groups in total. The minimum Gasteiger partial charge on any atom is -0.480 e. The Morgan fingerprint density at radius 3 is 2.88 bits per heavy atom. The molecule has 2 heterocycles. The van der Waals surface area contributed by atoms with Crippen molar-refractivity contribution in [1.82, 2.24) is 9.88 Å². The molecule has 1 saturated heterocycles. The number of fused-ring (bicyclic) bond motifs is 1. The maximum atomic E-state index is 13.1. The van der Waals surface area contributed by atoms with Gasteiger partial charge in [-0.1, -0.05) is 24.3 Å². The first-order chi connectivity index (χ1) is 12.5. The van der Waals surface area contributed by atoms with Crippen molar-refractivity contribution >= 4 is 5.91 Å². The van der Waals surface area contributed by atoms with Crippen LogP contribution >= 0.6 is 0 Å². The number of hydrogen-bond acceptors (Lipinski definition) is 4. The monoisotopic (exact) mass is 352 g/mol. The van der Waals surface area contributed by atoms with Gasteiger partial charge in [-0.15, -0.1) is 0 Å². The summed E-state index contributed by atoms with van der Waals surface area (Å²) in [4.78, 5) is 19.4. The number of nitrogens with zero attached hydrogens (tertiary/aromatic N) is 2. The molecule has 1 aromatic heterocycles. The van der Waals surface area contributed by atoms with Crippen LogP contribution in [0.1, 0.15) is 45.6 Å². The molecule has 0 bridgehead atoms. The molecule has 1 fully saturated rings. The van der Waals surface area contributed by atoms with Crippen LogP contribution in [0.5, 0.6) is 5.88 Å². The molecule has 26 heavy (non-hydrogen) atoms. The van der Waals surface area contributed by atoms with Gasteiger partial charge in [0.05, 0.1) is 13.7 Å². The van der Waals surface area contributed by atoms with E-state index < -0.39 is 5.60 Å². The zero-order chi connectivity index (χ0) is 18.3. The van der Waals surface area contributed by atoms with Gasteiger partial charge in [-0.25, -0.2) is 4.98 Å². The Balaban J connectivity index is 1.62. The Kier molecular flexibility index (Phi) is 4.19. The van der Waals surface area contributed by atoms with Crippen LogP contribution in [0, 0.1) is 6.92 Å². The number of benzene rings is 1. The molecular formula is C21H24N2O3. The van der Waals surface area contributed by atoms with Crippen molar-refractivity contribution in [2.24, 2.45) is 0 Å². The molecule has 1 atom stereocenters. The van der Waals surface area contributed by atoms with Crippen molar-refractivity contribution in [3.8, 4) is 5.88 Å². The maximum absolute atomic E-state index is 13.1. The smallest absolute Gasteiger partial charge is 0.259 e. The number of aliphatic hydroxyl groups is 1. The number of amides is 1. The second-order valence-electron chi connectivity index (χ2n) is 7.33. The third-order valence-electron chi connectivity index (χ3n) is 5.62. The molecule has 5 nitrogen and oxygen atoms in total. The lowest BCUT2D eigenvalue weighted by Crippen LogP contribution is -2.35. The molecule has 2 aliphatic rings. The molecule has 1 unspecified atom stereocenters. The average molecular weight is 352 g/mol. The normalized spacial score (nSPS) is 21.7. The van der Waals surface area contributed by atoms with Gasteiger partial charge >= 0.3 is 0 Å². The largest absolute Gasteiger partial charge is 0.480 e. The van der Waals surface area contributed by atoms with E-state index >= 15 is 0 Å². The predicted octanol–water partition coefficient (Wildman–Crippen LogP) is 2.62. The molecular weight excluding hydrogens is 328 g/mol. The highest BCUT2D eigenvalue weighted by Gasteiger charge is 2.41. The number of aryl methyl sites for hydroxylation is 3. The van der Waals surface area contributed by atoms with Gasteiger partial charge in [0.1, 0.15) is 11.2 Å². The molecule has 0 spiro atoms. The van der Waals surface area contributed by atoms with Crippen LogP contribution in [0.15, 0.2) is 30.3 Å². The van der Waals surface area contributed by atoms with Crippen LogP contribution in [-0.2, 0) is 18.4 Å². The third kappa shape index (κ3) is 2.76. The summed E-state index contributed by atoms with van der Waals surface area (Å²) in [6.07, 6.45) is 3.50. The van der Waals surface area contributed by atoms with Gasteiger partial charge in [-0.05, 0) is 55.4 Å². The Labute approximate surface area is 153 Å². The van der Waals surface area contributed by atoms with E-state index in [0.717, 1.165) is 41.6 Å². The fourth-order valence-corrected chi connectivity index (χ4v) is 4.21. The van der Waals surface area contributed by atoms with Gasteiger partial charge in [-0.3, -0.25) is 4.79 Å². The number of methoxy groups -OCH3 is 1. The molecule has 0 radical (unpaired) electrons. The van der Waals surface area contributed by atoms with Crippen molar-refractivity contribution in [2.75, 3.05) is 20.2 Å². The molecule has 5 heteroatoms. The van der Waals surface area contributed by atoms with Crippen LogP contribution in [0.4, 0.5) is 0 Å². The number of ether oxygens (including phenoxy) is 1. The molecule has 4 rings (SSSR count). The van der Waals surface area contributed by atoms with E-state index in [9.17, 15) is 9.90 Å². The van der Waals surface area contributed by atoms with Gasteiger partial charge in [0.2, 0.25) is 5.88 Å². The highest BCUT2D eigenvalue weighted by molar-refractivity contribution is 5.97. The summed E-state index contributed by atoms with van der Waals surface area (Å²) in [5, 5.41) is 11.2. The summed E-state index contributed by atoms with van der Waals surface area (Å²) >= 11 is 0. The molecule has 1 aliphatic carbocycles. The van der Waals surface area contributed by atoms with Crippen LogP contribution in [-0.4, -0.2) is 41.1 Å². The zero-order valence-corrected chi connectivity index (χ0v) is 15.3. The second-order valence-corrected chi connectivity index (χ2v) is 7.33. The molecule has 0 saturated carbocycles. The fraction of sp³-hybridized carbons (Fsp3) is 0.429. The van der Waals surface area contributed by atoms with Crippen LogP contribution < -0.4 is 4.74 Å². The van der Waals surface area contributed by atoms with Crippen molar-refractivity contribution < 1.29 is 14.6 Å². The summed E-state index contributed by atoms with van der Waals surface area (Å²) in [6, 6.07) is 9.76. The first kappa shape index (κ1) is 17.0. The Hall–Kier alpha value is -2.40. The highest BCUT2D eigenvalue weighted by atomic mass is 16.5. The standard InChI is InChI=1S/C21H24N2O3/c1-14-6-3-4-8-17(14)21(25)10-11-23(13-21)20(24)16-12-15-7-5-9-18(15)22-19(16)26-2/h3-4,6,8,12,25H,5,7,9-11,13H2,1-2H3. The Morgan fingerprint density at radius 1 is 1.31 bits per heavy atom.